The maximum absolute atomic E-state index is 13.0. The lowest BCUT2D eigenvalue weighted by atomic mass is 10.3. The molecule has 6 nitrogen and oxygen atoms in total. The minimum absolute atomic E-state index is 0.00886. The van der Waals surface area contributed by atoms with Crippen LogP contribution >= 0.6 is 34.8 Å². The molecule has 0 bridgehead atoms. The number of methoxy groups -OCH3 is 1. The molecule has 0 aliphatic rings. The van der Waals surface area contributed by atoms with Gasteiger partial charge in [0.15, 0.2) is 0 Å². The van der Waals surface area contributed by atoms with Crippen molar-refractivity contribution in [2.45, 2.75) is 4.90 Å². The molecular weight excluding hydrogens is 413 g/mol. The van der Waals surface area contributed by atoms with Gasteiger partial charge < -0.3 is 9.84 Å². The molecule has 134 valence electrons. The Labute approximate surface area is 159 Å². The van der Waals surface area contributed by atoms with Crippen molar-refractivity contribution in [3.05, 3.63) is 51.5 Å². The molecule has 0 aliphatic heterocycles. The lowest BCUT2D eigenvalue weighted by molar-refractivity contribution is -0.135. The van der Waals surface area contributed by atoms with Gasteiger partial charge in [0.2, 0.25) is 0 Å². The number of nitrogens with zero attached hydrogens (tertiary/aromatic N) is 1. The SMILES string of the molecule is COc1ccc(S(=O)(=O)N(CC(=O)O)c2ccccc2Cl)c(Cl)c1Cl. The second kappa shape index (κ2) is 7.70. The molecule has 0 saturated heterocycles. The van der Waals surface area contributed by atoms with Crippen molar-refractivity contribution >= 4 is 56.5 Å². The van der Waals surface area contributed by atoms with Crippen LogP contribution < -0.4 is 9.04 Å². The molecule has 0 aliphatic carbocycles. The Bertz CT molecular complexity index is 917. The summed E-state index contributed by atoms with van der Waals surface area (Å²) in [7, 11) is -3.00. The average Bonchev–Trinajstić information content (AvgIpc) is 2.55. The van der Waals surface area contributed by atoms with Gasteiger partial charge in [-0.3, -0.25) is 9.10 Å². The zero-order chi connectivity index (χ0) is 18.8. The number of hydrogen-bond acceptors (Lipinski definition) is 4. The molecule has 2 rings (SSSR count). The first-order valence-corrected chi connectivity index (χ1v) is 9.28. The summed E-state index contributed by atoms with van der Waals surface area (Å²) in [5, 5.41) is 8.82. The van der Waals surface area contributed by atoms with E-state index < -0.39 is 22.5 Å². The highest BCUT2D eigenvalue weighted by Crippen LogP contribution is 2.39. The Hall–Kier alpha value is -1.67. The quantitative estimate of drug-likeness (QED) is 0.759. The first-order valence-electron chi connectivity index (χ1n) is 6.71. The van der Waals surface area contributed by atoms with E-state index in [2.05, 4.69) is 0 Å². The molecule has 0 aromatic heterocycles. The Morgan fingerprint density at radius 3 is 2.32 bits per heavy atom. The average molecular weight is 425 g/mol. The number of carbonyl (C=O) groups is 1. The van der Waals surface area contributed by atoms with Gasteiger partial charge in [0.05, 0.1) is 22.8 Å². The number of para-hydroxylation sites is 1. The number of carboxylic acid groups (broad SMARTS) is 1. The maximum atomic E-state index is 13.0. The van der Waals surface area contributed by atoms with E-state index in [0.717, 1.165) is 0 Å². The molecule has 0 saturated carbocycles. The van der Waals surface area contributed by atoms with Gasteiger partial charge in [-0.1, -0.05) is 46.9 Å². The van der Waals surface area contributed by atoms with E-state index in [1.807, 2.05) is 0 Å². The van der Waals surface area contributed by atoms with E-state index >= 15 is 0 Å². The Morgan fingerprint density at radius 1 is 1.12 bits per heavy atom. The molecule has 2 aromatic carbocycles. The standard InChI is InChI=1S/C15H12Cl3NO5S/c1-24-11-6-7-12(15(18)14(11)17)25(22,23)19(8-13(20)21)10-5-3-2-4-9(10)16/h2-7H,8H2,1H3,(H,20,21). The fourth-order valence-corrected chi connectivity index (χ4v) is 4.61. The zero-order valence-electron chi connectivity index (χ0n) is 12.7. The molecule has 10 heteroatoms. The second-order valence-electron chi connectivity index (χ2n) is 4.75. The Balaban J connectivity index is 2.66. The van der Waals surface area contributed by atoms with Gasteiger partial charge in [0.25, 0.3) is 10.0 Å². The zero-order valence-corrected chi connectivity index (χ0v) is 15.8. The van der Waals surface area contributed by atoms with Crippen LogP contribution in [0.4, 0.5) is 5.69 Å². The number of anilines is 1. The topological polar surface area (TPSA) is 83.9 Å². The molecule has 0 unspecified atom stereocenters. The van der Waals surface area contributed by atoms with Gasteiger partial charge in [0.1, 0.15) is 22.2 Å². The van der Waals surface area contributed by atoms with Crippen LogP contribution in [0.25, 0.3) is 0 Å². The molecule has 0 atom stereocenters. The summed E-state index contributed by atoms with van der Waals surface area (Å²) in [6.07, 6.45) is 0. The van der Waals surface area contributed by atoms with E-state index in [0.29, 0.717) is 4.31 Å². The van der Waals surface area contributed by atoms with Gasteiger partial charge in [-0.05, 0) is 24.3 Å². The highest BCUT2D eigenvalue weighted by Gasteiger charge is 2.31. The first kappa shape index (κ1) is 19.7. The Morgan fingerprint density at radius 2 is 1.76 bits per heavy atom. The van der Waals surface area contributed by atoms with E-state index in [1.54, 1.807) is 6.07 Å². The van der Waals surface area contributed by atoms with Crippen LogP contribution in [0.1, 0.15) is 0 Å². The van der Waals surface area contributed by atoms with Crippen molar-refractivity contribution in [3.63, 3.8) is 0 Å². The highest BCUT2D eigenvalue weighted by atomic mass is 35.5. The first-order chi connectivity index (χ1) is 11.7. The van der Waals surface area contributed by atoms with Gasteiger partial charge >= 0.3 is 5.97 Å². The van der Waals surface area contributed by atoms with Crippen molar-refractivity contribution in [1.29, 1.82) is 0 Å². The van der Waals surface area contributed by atoms with E-state index in [-0.39, 0.29) is 31.4 Å². The summed E-state index contributed by atoms with van der Waals surface area (Å²) in [6.45, 7) is -0.841. The smallest absolute Gasteiger partial charge is 0.324 e. The number of rotatable bonds is 6. The lowest BCUT2D eigenvalue weighted by Gasteiger charge is -2.24. The third-order valence-electron chi connectivity index (χ3n) is 3.20. The van der Waals surface area contributed by atoms with Gasteiger partial charge in [-0.2, -0.15) is 0 Å². The number of aliphatic carboxylic acids is 1. The van der Waals surface area contributed by atoms with E-state index in [1.165, 1.54) is 37.4 Å². The number of hydrogen-bond donors (Lipinski definition) is 1. The summed E-state index contributed by atoms with van der Waals surface area (Å²) in [5.41, 5.74) is 0.00886. The lowest BCUT2D eigenvalue weighted by Crippen LogP contribution is -2.36. The fraction of sp³-hybridized carbons (Fsp3) is 0.133. The third-order valence-corrected chi connectivity index (χ3v) is 6.30. The number of carboxylic acids is 1. The summed E-state index contributed by atoms with van der Waals surface area (Å²) >= 11 is 18.1. The molecule has 25 heavy (non-hydrogen) atoms. The van der Waals surface area contributed by atoms with E-state index in [9.17, 15) is 13.2 Å². The van der Waals surface area contributed by atoms with Crippen molar-refractivity contribution in [2.24, 2.45) is 0 Å². The van der Waals surface area contributed by atoms with Crippen molar-refractivity contribution in [3.8, 4) is 5.75 Å². The minimum atomic E-state index is -4.35. The van der Waals surface area contributed by atoms with Gasteiger partial charge in [0, 0.05) is 0 Å². The molecular formula is C15H12Cl3NO5S. The predicted octanol–water partition coefficient (Wildman–Crippen LogP) is 3.94. The number of halogens is 3. The normalized spacial score (nSPS) is 11.2. The third kappa shape index (κ3) is 3.95. The maximum Gasteiger partial charge on any atom is 0.324 e. The number of ether oxygens (including phenoxy) is 1. The number of benzene rings is 2. The summed E-state index contributed by atoms with van der Waals surface area (Å²) in [4.78, 5) is 10.8. The minimum Gasteiger partial charge on any atom is -0.495 e. The van der Waals surface area contributed by atoms with Crippen LogP contribution in [-0.2, 0) is 14.8 Å². The molecule has 0 spiro atoms. The summed E-state index contributed by atoms with van der Waals surface area (Å²) in [5.74, 6) is -1.17. The Kier molecular flexibility index (Phi) is 6.05. The molecule has 0 amide bonds. The largest absolute Gasteiger partial charge is 0.495 e. The molecule has 1 N–H and O–H groups in total. The van der Waals surface area contributed by atoms with Gasteiger partial charge in [-0.15, -0.1) is 0 Å². The summed E-state index contributed by atoms with van der Waals surface area (Å²) in [6, 6.07) is 8.48. The van der Waals surface area contributed by atoms with Crippen LogP contribution in [0.2, 0.25) is 15.1 Å². The van der Waals surface area contributed by atoms with Crippen LogP contribution in [-0.4, -0.2) is 33.1 Å². The molecule has 2 aromatic rings. The van der Waals surface area contributed by atoms with E-state index in [4.69, 9.17) is 44.6 Å². The van der Waals surface area contributed by atoms with Crippen molar-refractivity contribution in [2.75, 3.05) is 18.0 Å². The van der Waals surface area contributed by atoms with Crippen LogP contribution in [0.15, 0.2) is 41.3 Å². The fourth-order valence-electron chi connectivity index (χ4n) is 2.07. The van der Waals surface area contributed by atoms with Crippen LogP contribution in [0.3, 0.4) is 0 Å². The van der Waals surface area contributed by atoms with Crippen molar-refractivity contribution in [1.82, 2.24) is 0 Å². The van der Waals surface area contributed by atoms with Crippen LogP contribution in [0, 0.1) is 0 Å². The van der Waals surface area contributed by atoms with Crippen molar-refractivity contribution < 1.29 is 23.1 Å². The highest BCUT2D eigenvalue weighted by molar-refractivity contribution is 7.93. The molecule has 0 fully saturated rings. The predicted molar refractivity (Wildman–Crippen MR) is 96.6 cm³/mol. The molecule has 0 heterocycles. The monoisotopic (exact) mass is 423 g/mol. The molecule has 0 radical (unpaired) electrons. The number of sulfonamides is 1. The summed E-state index contributed by atoms with van der Waals surface area (Å²) < 4.78 is 31.7. The van der Waals surface area contributed by atoms with Gasteiger partial charge in [-0.25, -0.2) is 8.42 Å². The second-order valence-corrected chi connectivity index (χ2v) is 7.74. The van der Waals surface area contributed by atoms with Crippen LogP contribution in [0.5, 0.6) is 5.75 Å².